The van der Waals surface area contributed by atoms with E-state index in [-0.39, 0.29) is 5.91 Å². The SMILES string of the molecule is CCCCc1ccc(NC(=O)C=Cc2ccc(OCC)c(OC)c2)cc1. The summed E-state index contributed by atoms with van der Waals surface area (Å²) >= 11 is 0. The number of ether oxygens (including phenoxy) is 2. The van der Waals surface area contributed by atoms with Gasteiger partial charge in [-0.25, -0.2) is 0 Å². The maximum absolute atomic E-state index is 12.1. The fraction of sp³-hybridized carbons (Fsp3) is 0.318. The average Bonchev–Trinajstić information content (AvgIpc) is 2.67. The van der Waals surface area contributed by atoms with E-state index in [0.717, 1.165) is 17.7 Å². The van der Waals surface area contributed by atoms with Gasteiger partial charge in [0.15, 0.2) is 11.5 Å². The number of benzene rings is 2. The number of rotatable bonds is 9. The van der Waals surface area contributed by atoms with Gasteiger partial charge in [-0.3, -0.25) is 4.79 Å². The summed E-state index contributed by atoms with van der Waals surface area (Å²) in [5.74, 6) is 1.18. The van der Waals surface area contributed by atoms with Crippen molar-refractivity contribution in [2.45, 2.75) is 33.1 Å². The zero-order valence-corrected chi connectivity index (χ0v) is 15.7. The second kappa shape index (κ2) is 10.3. The highest BCUT2D eigenvalue weighted by molar-refractivity contribution is 6.01. The number of aryl methyl sites for hydroxylation is 1. The third-order valence-corrected chi connectivity index (χ3v) is 3.96. The summed E-state index contributed by atoms with van der Waals surface area (Å²) in [6, 6.07) is 13.6. The molecular weight excluding hydrogens is 326 g/mol. The van der Waals surface area contributed by atoms with Gasteiger partial charge in [0, 0.05) is 11.8 Å². The van der Waals surface area contributed by atoms with E-state index in [1.807, 2.05) is 37.3 Å². The van der Waals surface area contributed by atoms with Crippen molar-refractivity contribution in [2.75, 3.05) is 19.0 Å². The number of amides is 1. The topological polar surface area (TPSA) is 47.6 Å². The van der Waals surface area contributed by atoms with Gasteiger partial charge in [-0.1, -0.05) is 31.5 Å². The third-order valence-electron chi connectivity index (χ3n) is 3.96. The Kier molecular flexibility index (Phi) is 7.75. The third kappa shape index (κ3) is 5.96. The first-order valence-electron chi connectivity index (χ1n) is 9.05. The Balaban J connectivity index is 1.96. The van der Waals surface area contributed by atoms with Crippen LogP contribution in [0.4, 0.5) is 5.69 Å². The van der Waals surface area contributed by atoms with Crippen molar-refractivity contribution in [2.24, 2.45) is 0 Å². The molecule has 0 saturated carbocycles. The first-order valence-corrected chi connectivity index (χ1v) is 9.05. The van der Waals surface area contributed by atoms with Crippen LogP contribution in [0.5, 0.6) is 11.5 Å². The highest BCUT2D eigenvalue weighted by atomic mass is 16.5. The van der Waals surface area contributed by atoms with E-state index in [2.05, 4.69) is 24.4 Å². The van der Waals surface area contributed by atoms with Gasteiger partial charge in [-0.15, -0.1) is 0 Å². The molecule has 2 aromatic rings. The normalized spacial score (nSPS) is 10.7. The monoisotopic (exact) mass is 353 g/mol. The van der Waals surface area contributed by atoms with Crippen LogP contribution in [0.25, 0.3) is 6.08 Å². The molecule has 4 heteroatoms. The van der Waals surface area contributed by atoms with E-state index in [1.54, 1.807) is 13.2 Å². The van der Waals surface area contributed by atoms with E-state index in [9.17, 15) is 4.79 Å². The van der Waals surface area contributed by atoms with Gasteiger partial charge in [0.2, 0.25) is 5.91 Å². The standard InChI is InChI=1S/C22H27NO3/c1-4-6-7-17-8-12-19(13-9-17)23-22(24)15-11-18-10-14-20(26-5-2)21(16-18)25-3/h8-16H,4-7H2,1-3H3,(H,23,24). The summed E-state index contributed by atoms with van der Waals surface area (Å²) in [7, 11) is 1.60. The number of unbranched alkanes of at least 4 members (excludes halogenated alkanes) is 1. The molecule has 0 fully saturated rings. The predicted molar refractivity (Wildman–Crippen MR) is 107 cm³/mol. The number of anilines is 1. The molecule has 0 unspecified atom stereocenters. The van der Waals surface area contributed by atoms with E-state index >= 15 is 0 Å². The minimum atomic E-state index is -0.167. The van der Waals surface area contributed by atoms with Gasteiger partial charge < -0.3 is 14.8 Å². The lowest BCUT2D eigenvalue weighted by molar-refractivity contribution is -0.111. The van der Waals surface area contributed by atoms with E-state index in [0.29, 0.717) is 18.1 Å². The molecule has 0 bridgehead atoms. The lowest BCUT2D eigenvalue weighted by Crippen LogP contribution is -2.07. The van der Waals surface area contributed by atoms with Crippen LogP contribution in [0.3, 0.4) is 0 Å². The summed E-state index contributed by atoms with van der Waals surface area (Å²) in [5.41, 5.74) is 2.96. The minimum absolute atomic E-state index is 0.167. The van der Waals surface area contributed by atoms with Gasteiger partial charge in [0.25, 0.3) is 0 Å². The Morgan fingerprint density at radius 2 is 1.85 bits per heavy atom. The summed E-state index contributed by atoms with van der Waals surface area (Å²) < 4.78 is 10.8. The van der Waals surface area contributed by atoms with E-state index in [4.69, 9.17) is 9.47 Å². The zero-order chi connectivity index (χ0) is 18.8. The molecule has 2 rings (SSSR count). The quantitative estimate of drug-likeness (QED) is 0.639. The average molecular weight is 353 g/mol. The summed E-state index contributed by atoms with van der Waals surface area (Å²) in [4.78, 5) is 12.1. The molecule has 0 radical (unpaired) electrons. The molecule has 4 nitrogen and oxygen atoms in total. The fourth-order valence-corrected chi connectivity index (χ4v) is 2.55. The Morgan fingerprint density at radius 3 is 2.50 bits per heavy atom. The van der Waals surface area contributed by atoms with Crippen molar-refractivity contribution in [3.63, 3.8) is 0 Å². The second-order valence-electron chi connectivity index (χ2n) is 5.97. The predicted octanol–water partition coefficient (Wildman–Crippen LogP) is 5.09. The molecule has 0 aromatic heterocycles. The van der Waals surface area contributed by atoms with Gasteiger partial charge >= 0.3 is 0 Å². The van der Waals surface area contributed by atoms with Crippen LogP contribution in [0.15, 0.2) is 48.5 Å². The fourth-order valence-electron chi connectivity index (χ4n) is 2.55. The number of carbonyl (C=O) groups is 1. The van der Waals surface area contributed by atoms with Crippen LogP contribution in [0, 0.1) is 0 Å². The first-order chi connectivity index (χ1) is 12.7. The van der Waals surface area contributed by atoms with Gasteiger partial charge in [-0.2, -0.15) is 0 Å². The lowest BCUT2D eigenvalue weighted by atomic mass is 10.1. The number of hydrogen-bond acceptors (Lipinski definition) is 3. The van der Waals surface area contributed by atoms with Crippen molar-refractivity contribution in [1.29, 1.82) is 0 Å². The zero-order valence-electron chi connectivity index (χ0n) is 15.7. The molecule has 1 amide bonds. The second-order valence-corrected chi connectivity index (χ2v) is 5.97. The molecule has 0 atom stereocenters. The minimum Gasteiger partial charge on any atom is -0.493 e. The maximum atomic E-state index is 12.1. The summed E-state index contributed by atoms with van der Waals surface area (Å²) in [6.45, 7) is 4.68. The number of carbonyl (C=O) groups excluding carboxylic acids is 1. The summed E-state index contributed by atoms with van der Waals surface area (Å²) in [5, 5.41) is 2.87. The van der Waals surface area contributed by atoms with Crippen LogP contribution >= 0.6 is 0 Å². The molecule has 1 N–H and O–H groups in total. The van der Waals surface area contributed by atoms with Gasteiger partial charge in [0.05, 0.1) is 13.7 Å². The highest BCUT2D eigenvalue weighted by Crippen LogP contribution is 2.28. The van der Waals surface area contributed by atoms with Crippen molar-refractivity contribution in [1.82, 2.24) is 0 Å². The Labute approximate surface area is 155 Å². The first kappa shape index (κ1) is 19.6. The number of nitrogens with one attached hydrogen (secondary N) is 1. The van der Waals surface area contributed by atoms with Crippen LogP contribution in [0.1, 0.15) is 37.8 Å². The molecule has 0 aliphatic carbocycles. The number of methoxy groups -OCH3 is 1. The molecule has 138 valence electrons. The Morgan fingerprint density at radius 1 is 1.08 bits per heavy atom. The molecule has 0 spiro atoms. The van der Waals surface area contributed by atoms with E-state index < -0.39 is 0 Å². The maximum Gasteiger partial charge on any atom is 0.248 e. The van der Waals surface area contributed by atoms with Gasteiger partial charge in [0.1, 0.15) is 0 Å². The van der Waals surface area contributed by atoms with Crippen molar-refractivity contribution < 1.29 is 14.3 Å². The van der Waals surface area contributed by atoms with Crippen LogP contribution in [-0.2, 0) is 11.2 Å². The van der Waals surface area contributed by atoms with Crippen molar-refractivity contribution in [3.8, 4) is 11.5 Å². The number of hydrogen-bond donors (Lipinski definition) is 1. The van der Waals surface area contributed by atoms with Crippen molar-refractivity contribution >= 4 is 17.7 Å². The molecule has 0 heterocycles. The molecular formula is C22H27NO3. The molecule has 26 heavy (non-hydrogen) atoms. The summed E-state index contributed by atoms with van der Waals surface area (Å²) in [6.07, 6.45) is 6.70. The van der Waals surface area contributed by atoms with Crippen LogP contribution in [0.2, 0.25) is 0 Å². The van der Waals surface area contributed by atoms with Crippen molar-refractivity contribution in [3.05, 3.63) is 59.7 Å². The molecule has 0 aliphatic rings. The molecule has 2 aromatic carbocycles. The molecule has 0 saturated heterocycles. The lowest BCUT2D eigenvalue weighted by Gasteiger charge is -2.09. The molecule has 0 aliphatic heterocycles. The smallest absolute Gasteiger partial charge is 0.248 e. The highest BCUT2D eigenvalue weighted by Gasteiger charge is 2.04. The van der Waals surface area contributed by atoms with Crippen LogP contribution < -0.4 is 14.8 Å². The largest absolute Gasteiger partial charge is 0.493 e. The van der Waals surface area contributed by atoms with E-state index in [1.165, 1.54) is 24.5 Å². The Bertz CT molecular complexity index is 736. The Hall–Kier alpha value is -2.75. The van der Waals surface area contributed by atoms with Crippen LogP contribution in [-0.4, -0.2) is 19.6 Å². The van der Waals surface area contributed by atoms with Gasteiger partial charge in [-0.05, 0) is 61.2 Å².